The van der Waals surface area contributed by atoms with E-state index in [1.807, 2.05) is 31.1 Å². The van der Waals surface area contributed by atoms with E-state index < -0.39 is 11.7 Å². The highest BCUT2D eigenvalue weighted by Crippen LogP contribution is 2.32. The van der Waals surface area contributed by atoms with Crippen LogP contribution in [-0.4, -0.2) is 45.9 Å². The van der Waals surface area contributed by atoms with Crippen molar-refractivity contribution in [1.29, 1.82) is 0 Å². The third-order valence-electron chi connectivity index (χ3n) is 5.03. The van der Waals surface area contributed by atoms with E-state index in [-0.39, 0.29) is 0 Å². The van der Waals surface area contributed by atoms with E-state index in [2.05, 4.69) is 20.0 Å². The van der Waals surface area contributed by atoms with E-state index in [9.17, 15) is 13.2 Å². The van der Waals surface area contributed by atoms with Crippen LogP contribution in [0.2, 0.25) is 0 Å². The highest BCUT2D eigenvalue weighted by molar-refractivity contribution is 5.62. The molecule has 0 saturated carbocycles. The summed E-state index contributed by atoms with van der Waals surface area (Å²) in [7, 11) is 1.87. The molecule has 1 fully saturated rings. The summed E-state index contributed by atoms with van der Waals surface area (Å²) in [4.78, 5) is 13.1. The largest absolute Gasteiger partial charge is 0.416 e. The van der Waals surface area contributed by atoms with Crippen LogP contribution in [0.1, 0.15) is 11.3 Å². The molecule has 2 aromatic heterocycles. The highest BCUT2D eigenvalue weighted by Gasteiger charge is 2.31. The SMILES string of the molecule is Cc1nn(C)cc1-c1ccnc(N2CCN(c3cccc(C(F)(F)F)c3)CC2)n1. The molecule has 1 saturated heterocycles. The molecule has 1 aliphatic rings. The number of anilines is 2. The van der Waals surface area contributed by atoms with E-state index in [4.69, 9.17) is 0 Å². The molecule has 0 bridgehead atoms. The Hall–Kier alpha value is -3.10. The molecule has 1 aromatic carbocycles. The molecule has 152 valence electrons. The number of aryl methyl sites for hydroxylation is 2. The molecular formula is C20H21F3N6. The lowest BCUT2D eigenvalue weighted by atomic mass is 10.1. The third kappa shape index (κ3) is 4.03. The minimum absolute atomic E-state index is 0.583. The summed E-state index contributed by atoms with van der Waals surface area (Å²) < 4.78 is 40.7. The zero-order chi connectivity index (χ0) is 20.6. The number of piperazine rings is 1. The monoisotopic (exact) mass is 402 g/mol. The number of nitrogens with zero attached hydrogens (tertiary/aromatic N) is 6. The molecule has 4 rings (SSSR count). The lowest BCUT2D eigenvalue weighted by Gasteiger charge is -2.36. The Balaban J connectivity index is 1.48. The molecule has 3 aromatic rings. The molecule has 9 heteroatoms. The van der Waals surface area contributed by atoms with Gasteiger partial charge < -0.3 is 9.80 Å². The second kappa shape index (κ2) is 7.38. The van der Waals surface area contributed by atoms with Gasteiger partial charge in [-0.3, -0.25) is 4.68 Å². The van der Waals surface area contributed by atoms with Gasteiger partial charge in [0.15, 0.2) is 0 Å². The van der Waals surface area contributed by atoms with Crippen LogP contribution in [0.15, 0.2) is 42.7 Å². The van der Waals surface area contributed by atoms with Crippen LogP contribution in [0, 0.1) is 6.92 Å². The van der Waals surface area contributed by atoms with E-state index in [1.165, 1.54) is 12.1 Å². The number of benzene rings is 1. The second-order valence-electron chi connectivity index (χ2n) is 7.07. The topological polar surface area (TPSA) is 50.1 Å². The lowest BCUT2D eigenvalue weighted by Crippen LogP contribution is -2.47. The smallest absolute Gasteiger partial charge is 0.368 e. The molecule has 3 heterocycles. The minimum Gasteiger partial charge on any atom is -0.368 e. The summed E-state index contributed by atoms with van der Waals surface area (Å²) in [5, 5.41) is 4.35. The summed E-state index contributed by atoms with van der Waals surface area (Å²) in [5.74, 6) is 0.620. The maximum Gasteiger partial charge on any atom is 0.416 e. The fraction of sp³-hybridized carbons (Fsp3) is 0.350. The van der Waals surface area contributed by atoms with Crippen LogP contribution in [0.4, 0.5) is 24.8 Å². The first kappa shape index (κ1) is 19.2. The maximum atomic E-state index is 13.0. The molecule has 29 heavy (non-hydrogen) atoms. The molecule has 6 nitrogen and oxygen atoms in total. The van der Waals surface area contributed by atoms with Gasteiger partial charge in [0, 0.05) is 56.9 Å². The molecule has 0 atom stereocenters. The van der Waals surface area contributed by atoms with Crippen molar-refractivity contribution in [2.75, 3.05) is 36.0 Å². The van der Waals surface area contributed by atoms with Gasteiger partial charge in [-0.05, 0) is 31.2 Å². The second-order valence-corrected chi connectivity index (χ2v) is 7.07. The Morgan fingerprint density at radius 1 is 1.00 bits per heavy atom. The predicted molar refractivity (Wildman–Crippen MR) is 105 cm³/mol. The van der Waals surface area contributed by atoms with Crippen LogP contribution in [0.3, 0.4) is 0 Å². The van der Waals surface area contributed by atoms with E-state index in [1.54, 1.807) is 16.9 Å². The van der Waals surface area contributed by atoms with Crippen molar-refractivity contribution in [3.63, 3.8) is 0 Å². The zero-order valence-corrected chi connectivity index (χ0v) is 16.2. The Labute approximate surface area is 166 Å². The number of aromatic nitrogens is 4. The maximum absolute atomic E-state index is 13.0. The van der Waals surface area contributed by atoms with E-state index in [0.717, 1.165) is 23.0 Å². The van der Waals surface area contributed by atoms with Crippen molar-refractivity contribution in [2.24, 2.45) is 7.05 Å². The van der Waals surface area contributed by atoms with Gasteiger partial charge in [-0.15, -0.1) is 0 Å². The van der Waals surface area contributed by atoms with Crippen LogP contribution in [0.25, 0.3) is 11.3 Å². The summed E-state index contributed by atoms with van der Waals surface area (Å²) >= 11 is 0. The Kier molecular flexibility index (Phi) is 4.89. The van der Waals surface area contributed by atoms with Crippen molar-refractivity contribution < 1.29 is 13.2 Å². The summed E-state index contributed by atoms with van der Waals surface area (Å²) in [5.41, 5.74) is 2.62. The summed E-state index contributed by atoms with van der Waals surface area (Å²) in [6, 6.07) is 7.32. The van der Waals surface area contributed by atoms with Gasteiger partial charge in [-0.2, -0.15) is 18.3 Å². The number of alkyl halides is 3. The fourth-order valence-corrected chi connectivity index (χ4v) is 3.55. The van der Waals surface area contributed by atoms with Gasteiger partial charge in [-0.1, -0.05) is 6.07 Å². The van der Waals surface area contributed by atoms with Crippen molar-refractivity contribution >= 4 is 11.6 Å². The molecule has 0 unspecified atom stereocenters. The Morgan fingerprint density at radius 3 is 2.38 bits per heavy atom. The van der Waals surface area contributed by atoms with Gasteiger partial charge in [0.2, 0.25) is 5.95 Å². The molecule has 0 radical (unpaired) electrons. The van der Waals surface area contributed by atoms with Crippen molar-refractivity contribution in [3.05, 3.63) is 54.0 Å². The van der Waals surface area contributed by atoms with E-state index in [0.29, 0.717) is 37.8 Å². The Morgan fingerprint density at radius 2 is 1.72 bits per heavy atom. The first-order chi connectivity index (χ1) is 13.8. The first-order valence-electron chi connectivity index (χ1n) is 9.32. The highest BCUT2D eigenvalue weighted by atomic mass is 19.4. The molecule has 0 aliphatic carbocycles. The summed E-state index contributed by atoms with van der Waals surface area (Å²) in [6.45, 7) is 4.39. The van der Waals surface area contributed by atoms with Crippen LogP contribution < -0.4 is 9.80 Å². The van der Waals surface area contributed by atoms with Gasteiger partial charge in [0.05, 0.1) is 17.0 Å². The third-order valence-corrected chi connectivity index (χ3v) is 5.03. The van der Waals surface area contributed by atoms with E-state index >= 15 is 0 Å². The molecular weight excluding hydrogens is 381 g/mol. The average molecular weight is 402 g/mol. The average Bonchev–Trinajstić information content (AvgIpc) is 3.06. The molecule has 1 aliphatic heterocycles. The standard InChI is InChI=1S/C20H21F3N6/c1-14-17(13-27(2)26-14)18-6-7-24-19(25-18)29-10-8-28(9-11-29)16-5-3-4-15(12-16)20(21,22)23/h3-7,12-13H,8-11H2,1-2H3. The quantitative estimate of drug-likeness (QED) is 0.671. The zero-order valence-electron chi connectivity index (χ0n) is 16.2. The van der Waals surface area contributed by atoms with Gasteiger partial charge in [0.1, 0.15) is 0 Å². The number of rotatable bonds is 3. The van der Waals surface area contributed by atoms with Crippen LogP contribution >= 0.6 is 0 Å². The van der Waals surface area contributed by atoms with Crippen LogP contribution in [-0.2, 0) is 13.2 Å². The lowest BCUT2D eigenvalue weighted by molar-refractivity contribution is -0.137. The van der Waals surface area contributed by atoms with Crippen molar-refractivity contribution in [3.8, 4) is 11.3 Å². The number of hydrogen-bond donors (Lipinski definition) is 0. The summed E-state index contributed by atoms with van der Waals surface area (Å²) in [6.07, 6.45) is -0.688. The number of halogens is 3. The molecule has 0 amide bonds. The van der Waals surface area contributed by atoms with Crippen LogP contribution in [0.5, 0.6) is 0 Å². The predicted octanol–water partition coefficient (Wildman–Crippen LogP) is 3.53. The van der Waals surface area contributed by atoms with Crippen molar-refractivity contribution in [2.45, 2.75) is 13.1 Å². The number of hydrogen-bond acceptors (Lipinski definition) is 5. The normalized spacial score (nSPS) is 15.1. The first-order valence-corrected chi connectivity index (χ1v) is 9.32. The van der Waals surface area contributed by atoms with Crippen molar-refractivity contribution in [1.82, 2.24) is 19.7 Å². The van der Waals surface area contributed by atoms with Gasteiger partial charge in [0.25, 0.3) is 0 Å². The minimum atomic E-state index is -4.34. The van der Waals surface area contributed by atoms with Gasteiger partial charge >= 0.3 is 6.18 Å². The Bertz CT molecular complexity index is 1010. The molecule has 0 N–H and O–H groups in total. The fourth-order valence-electron chi connectivity index (χ4n) is 3.55. The van der Waals surface area contributed by atoms with Gasteiger partial charge in [-0.25, -0.2) is 9.97 Å². The molecule has 0 spiro atoms.